The Morgan fingerprint density at radius 2 is 1.77 bits per heavy atom. The summed E-state index contributed by atoms with van der Waals surface area (Å²) in [4.78, 5) is 42.3. The molecule has 2 fully saturated rings. The van der Waals surface area contributed by atoms with Crippen LogP contribution in [0.5, 0.6) is 5.75 Å². The highest BCUT2D eigenvalue weighted by Crippen LogP contribution is 2.48. The molecular formula is C22H20Br2N2O5. The number of anilines is 1. The van der Waals surface area contributed by atoms with Crippen LogP contribution in [-0.4, -0.2) is 42.6 Å². The summed E-state index contributed by atoms with van der Waals surface area (Å²) in [6.07, 6.45) is 0.280. The Bertz CT molecular complexity index is 1040. The molecule has 0 saturated carbocycles. The number of methoxy groups -OCH3 is 1. The molecule has 9 heteroatoms. The van der Waals surface area contributed by atoms with Crippen LogP contribution in [0.2, 0.25) is 0 Å². The first-order valence-electron chi connectivity index (χ1n) is 9.79. The first-order valence-corrected chi connectivity index (χ1v) is 11.4. The number of urea groups is 1. The summed E-state index contributed by atoms with van der Waals surface area (Å²) in [5, 5.41) is 0. The molecular weight excluding hydrogens is 532 g/mol. The highest BCUT2D eigenvalue weighted by Gasteiger charge is 2.60. The minimum Gasteiger partial charge on any atom is -0.496 e. The summed E-state index contributed by atoms with van der Waals surface area (Å²) < 4.78 is 12.4. The van der Waals surface area contributed by atoms with Crippen LogP contribution in [-0.2, 0) is 14.3 Å². The van der Waals surface area contributed by atoms with Crippen LogP contribution in [0, 0.1) is 5.92 Å². The van der Waals surface area contributed by atoms with Gasteiger partial charge in [0.1, 0.15) is 11.8 Å². The molecule has 0 aliphatic carbocycles. The van der Waals surface area contributed by atoms with Crippen molar-refractivity contribution in [3.63, 3.8) is 0 Å². The van der Waals surface area contributed by atoms with Gasteiger partial charge < -0.3 is 14.4 Å². The molecule has 0 N–H and O–H groups in total. The minimum atomic E-state index is -0.927. The lowest BCUT2D eigenvalue weighted by Crippen LogP contribution is -2.38. The van der Waals surface area contributed by atoms with E-state index in [0.29, 0.717) is 11.4 Å². The second-order valence-corrected chi connectivity index (χ2v) is 9.11. The van der Waals surface area contributed by atoms with Crippen LogP contribution in [0.15, 0.2) is 51.4 Å². The van der Waals surface area contributed by atoms with E-state index in [1.54, 1.807) is 44.4 Å². The Labute approximate surface area is 196 Å². The van der Waals surface area contributed by atoms with E-state index in [4.69, 9.17) is 9.47 Å². The van der Waals surface area contributed by atoms with Crippen molar-refractivity contribution in [2.24, 2.45) is 5.92 Å². The third-order valence-electron chi connectivity index (χ3n) is 5.60. The van der Waals surface area contributed by atoms with Crippen molar-refractivity contribution in [2.75, 3.05) is 18.6 Å². The Morgan fingerprint density at radius 3 is 2.42 bits per heavy atom. The van der Waals surface area contributed by atoms with Gasteiger partial charge in [0, 0.05) is 14.5 Å². The van der Waals surface area contributed by atoms with E-state index in [0.717, 1.165) is 19.4 Å². The fraction of sp³-hybridized carbons (Fsp3) is 0.318. The van der Waals surface area contributed by atoms with Crippen molar-refractivity contribution in [3.8, 4) is 5.75 Å². The average molecular weight is 552 g/mol. The minimum absolute atomic E-state index is 0.200. The van der Waals surface area contributed by atoms with Crippen molar-refractivity contribution >= 4 is 55.5 Å². The molecule has 31 heavy (non-hydrogen) atoms. The quantitative estimate of drug-likeness (QED) is 0.398. The van der Waals surface area contributed by atoms with Crippen molar-refractivity contribution < 1.29 is 23.9 Å². The lowest BCUT2D eigenvalue weighted by atomic mass is 9.95. The molecule has 162 valence electrons. The third kappa shape index (κ3) is 3.74. The van der Waals surface area contributed by atoms with Crippen LogP contribution in [0.1, 0.15) is 24.9 Å². The third-order valence-corrected chi connectivity index (χ3v) is 6.63. The van der Waals surface area contributed by atoms with Gasteiger partial charge in [-0.3, -0.25) is 9.59 Å². The fourth-order valence-electron chi connectivity index (χ4n) is 4.30. The van der Waals surface area contributed by atoms with Gasteiger partial charge in [-0.25, -0.2) is 9.69 Å². The Balaban J connectivity index is 1.80. The number of imide groups is 1. The predicted octanol–water partition coefficient (Wildman–Crippen LogP) is 4.68. The van der Waals surface area contributed by atoms with Crippen molar-refractivity contribution in [1.29, 1.82) is 0 Å². The monoisotopic (exact) mass is 550 g/mol. The number of hydrogen-bond acceptors (Lipinski definition) is 5. The molecule has 3 unspecified atom stereocenters. The molecule has 0 spiro atoms. The number of halogens is 2. The van der Waals surface area contributed by atoms with E-state index in [1.165, 1.54) is 4.90 Å². The standard InChI is InChI=1S/C22H20Br2N2O5/c1-3-31-21(28)16-11-17(15-10-13(24)6-9-18(15)30-2)26-19(16)20(27)25(22(26)29)14-7-4-12(23)5-8-14/h4-10,16-17,19H,3,11H2,1-2H3. The predicted molar refractivity (Wildman–Crippen MR) is 121 cm³/mol. The zero-order chi connectivity index (χ0) is 22.3. The molecule has 2 aliphatic heterocycles. The lowest BCUT2D eigenvalue weighted by Gasteiger charge is -2.25. The molecule has 2 aromatic rings. The second-order valence-electron chi connectivity index (χ2n) is 7.28. The van der Waals surface area contributed by atoms with Crippen LogP contribution >= 0.6 is 31.9 Å². The number of fused-ring (bicyclic) bond motifs is 1. The van der Waals surface area contributed by atoms with E-state index >= 15 is 0 Å². The largest absolute Gasteiger partial charge is 0.496 e. The van der Waals surface area contributed by atoms with Crippen molar-refractivity contribution in [1.82, 2.24) is 4.90 Å². The van der Waals surface area contributed by atoms with Gasteiger partial charge in [-0.2, -0.15) is 0 Å². The highest BCUT2D eigenvalue weighted by molar-refractivity contribution is 9.10. The first-order chi connectivity index (χ1) is 14.9. The first kappa shape index (κ1) is 21.8. The number of amides is 3. The molecule has 2 aliphatic rings. The zero-order valence-electron chi connectivity index (χ0n) is 16.9. The average Bonchev–Trinajstić information content (AvgIpc) is 3.26. The van der Waals surface area contributed by atoms with Gasteiger partial charge in [-0.1, -0.05) is 31.9 Å². The van der Waals surface area contributed by atoms with Crippen molar-refractivity contribution in [2.45, 2.75) is 25.4 Å². The molecule has 2 aromatic carbocycles. The number of esters is 1. The summed E-state index contributed by atoms with van der Waals surface area (Å²) in [6.45, 7) is 1.92. The number of carbonyl (C=O) groups excluding carboxylic acids is 3. The van der Waals surface area contributed by atoms with Crippen LogP contribution in [0.25, 0.3) is 0 Å². The number of hydrogen-bond donors (Lipinski definition) is 0. The molecule has 4 rings (SSSR count). The Kier molecular flexibility index (Phi) is 6.07. The van der Waals surface area contributed by atoms with Gasteiger partial charge in [0.05, 0.1) is 31.4 Å². The summed E-state index contributed by atoms with van der Waals surface area (Å²) in [7, 11) is 1.55. The number of benzene rings is 2. The lowest BCUT2D eigenvalue weighted by molar-refractivity contribution is -0.150. The van der Waals surface area contributed by atoms with E-state index in [9.17, 15) is 14.4 Å². The SMILES string of the molecule is CCOC(=O)C1CC(c2cc(Br)ccc2OC)N2C(=O)N(c3ccc(Br)cc3)C(=O)C12. The maximum absolute atomic E-state index is 13.5. The number of rotatable bonds is 5. The van der Waals surface area contributed by atoms with Gasteiger partial charge in [0.25, 0.3) is 5.91 Å². The number of nitrogens with zero attached hydrogens (tertiary/aromatic N) is 2. The van der Waals surface area contributed by atoms with Crippen molar-refractivity contribution in [3.05, 3.63) is 57.0 Å². The topological polar surface area (TPSA) is 76.2 Å². The molecule has 0 bridgehead atoms. The number of carbonyl (C=O) groups is 3. The summed E-state index contributed by atoms with van der Waals surface area (Å²) in [5.41, 5.74) is 1.18. The Morgan fingerprint density at radius 1 is 1.10 bits per heavy atom. The smallest absolute Gasteiger partial charge is 0.332 e. The van der Waals surface area contributed by atoms with Crippen LogP contribution < -0.4 is 9.64 Å². The molecule has 3 amide bonds. The van der Waals surface area contributed by atoms with Gasteiger partial charge in [0.15, 0.2) is 0 Å². The number of ether oxygens (including phenoxy) is 2. The maximum Gasteiger partial charge on any atom is 0.332 e. The van der Waals surface area contributed by atoms with Gasteiger partial charge in [0.2, 0.25) is 0 Å². The normalized spacial score (nSPS) is 22.6. The van der Waals surface area contributed by atoms with E-state index in [-0.39, 0.29) is 13.0 Å². The molecule has 0 aromatic heterocycles. The Hall–Kier alpha value is -2.39. The molecule has 2 saturated heterocycles. The summed E-state index contributed by atoms with van der Waals surface area (Å²) in [6, 6.07) is 10.5. The van der Waals surface area contributed by atoms with E-state index < -0.39 is 35.9 Å². The zero-order valence-corrected chi connectivity index (χ0v) is 20.1. The van der Waals surface area contributed by atoms with Gasteiger partial charge in [-0.05, 0) is 55.8 Å². The molecule has 2 heterocycles. The van der Waals surface area contributed by atoms with Crippen LogP contribution in [0.4, 0.5) is 10.5 Å². The molecule has 0 radical (unpaired) electrons. The van der Waals surface area contributed by atoms with E-state index in [2.05, 4.69) is 31.9 Å². The van der Waals surface area contributed by atoms with Gasteiger partial charge >= 0.3 is 12.0 Å². The molecule has 7 nitrogen and oxygen atoms in total. The van der Waals surface area contributed by atoms with Gasteiger partial charge in [-0.15, -0.1) is 0 Å². The molecule has 3 atom stereocenters. The summed E-state index contributed by atoms with van der Waals surface area (Å²) >= 11 is 6.83. The fourth-order valence-corrected chi connectivity index (χ4v) is 4.94. The second kappa shape index (κ2) is 8.63. The maximum atomic E-state index is 13.5. The highest BCUT2D eigenvalue weighted by atomic mass is 79.9. The van der Waals surface area contributed by atoms with Crippen LogP contribution in [0.3, 0.4) is 0 Å². The summed E-state index contributed by atoms with van der Waals surface area (Å²) in [5.74, 6) is -1.08. The van der Waals surface area contributed by atoms with E-state index in [1.807, 2.05) is 12.1 Å².